The summed E-state index contributed by atoms with van der Waals surface area (Å²) in [5.74, 6) is -0.101. The minimum absolute atomic E-state index is 0.0934. The number of amides is 1. The van der Waals surface area contributed by atoms with Crippen molar-refractivity contribution >= 4 is 12.0 Å². The van der Waals surface area contributed by atoms with Gasteiger partial charge in [-0.2, -0.15) is 0 Å². The van der Waals surface area contributed by atoms with Crippen molar-refractivity contribution in [1.82, 2.24) is 5.32 Å². The third-order valence-corrected chi connectivity index (χ3v) is 3.09. The second kappa shape index (κ2) is 6.36. The van der Waals surface area contributed by atoms with Gasteiger partial charge in [0.05, 0.1) is 5.60 Å². The van der Waals surface area contributed by atoms with E-state index in [2.05, 4.69) is 5.32 Å². The van der Waals surface area contributed by atoms with Crippen LogP contribution in [0.4, 0.5) is 0 Å². The van der Waals surface area contributed by atoms with E-state index in [4.69, 9.17) is 0 Å². The summed E-state index contributed by atoms with van der Waals surface area (Å²) in [4.78, 5) is 11.6. The Bertz CT molecular complexity index is 408. The predicted octanol–water partition coefficient (Wildman–Crippen LogP) is 2.22. The van der Waals surface area contributed by atoms with E-state index in [1.807, 2.05) is 44.2 Å². The van der Waals surface area contributed by atoms with Gasteiger partial charge in [-0.15, -0.1) is 0 Å². The van der Waals surface area contributed by atoms with Crippen LogP contribution >= 0.6 is 0 Å². The second-order valence-corrected chi connectivity index (χ2v) is 4.97. The Morgan fingerprint density at radius 1 is 1.39 bits per heavy atom. The van der Waals surface area contributed by atoms with Gasteiger partial charge in [-0.1, -0.05) is 44.2 Å². The Morgan fingerprint density at radius 3 is 2.56 bits per heavy atom. The van der Waals surface area contributed by atoms with Gasteiger partial charge < -0.3 is 10.4 Å². The van der Waals surface area contributed by atoms with Crippen LogP contribution in [0.1, 0.15) is 26.3 Å². The van der Waals surface area contributed by atoms with Gasteiger partial charge in [-0.05, 0) is 24.5 Å². The maximum absolute atomic E-state index is 11.6. The standard InChI is InChI=1S/C15H21NO2/c1-12(2)15(3,18)11-16-14(17)10-9-13-7-5-4-6-8-13/h4-10,12,18H,11H2,1-3H3,(H,16,17)/b10-9+. The topological polar surface area (TPSA) is 49.3 Å². The summed E-state index contributed by atoms with van der Waals surface area (Å²) in [6, 6.07) is 9.61. The second-order valence-electron chi connectivity index (χ2n) is 4.97. The molecular weight excluding hydrogens is 226 g/mol. The number of nitrogens with one attached hydrogen (secondary N) is 1. The highest BCUT2D eigenvalue weighted by Crippen LogP contribution is 2.14. The molecule has 1 amide bonds. The fraction of sp³-hybridized carbons (Fsp3) is 0.400. The molecular formula is C15H21NO2. The lowest BCUT2D eigenvalue weighted by Crippen LogP contribution is -2.43. The number of hydrogen-bond donors (Lipinski definition) is 2. The molecule has 0 heterocycles. The molecule has 3 nitrogen and oxygen atoms in total. The van der Waals surface area contributed by atoms with Gasteiger partial charge in [-0.25, -0.2) is 0 Å². The molecule has 1 unspecified atom stereocenters. The SMILES string of the molecule is CC(C)C(C)(O)CNC(=O)/C=C/c1ccccc1. The zero-order valence-electron chi connectivity index (χ0n) is 11.2. The Hall–Kier alpha value is -1.61. The Balaban J connectivity index is 2.46. The number of rotatable bonds is 5. The maximum atomic E-state index is 11.6. The fourth-order valence-electron chi connectivity index (χ4n) is 1.27. The fourth-order valence-corrected chi connectivity index (χ4v) is 1.27. The van der Waals surface area contributed by atoms with Crippen molar-refractivity contribution in [2.75, 3.05) is 6.54 Å². The average Bonchev–Trinajstić information content (AvgIpc) is 2.35. The van der Waals surface area contributed by atoms with Crippen LogP contribution in [0.15, 0.2) is 36.4 Å². The molecule has 0 aliphatic carbocycles. The monoisotopic (exact) mass is 247 g/mol. The molecule has 2 N–H and O–H groups in total. The summed E-state index contributed by atoms with van der Waals surface area (Å²) in [7, 11) is 0. The van der Waals surface area contributed by atoms with Crippen molar-refractivity contribution in [3.8, 4) is 0 Å². The first-order valence-corrected chi connectivity index (χ1v) is 6.15. The summed E-state index contributed by atoms with van der Waals surface area (Å²) >= 11 is 0. The van der Waals surface area contributed by atoms with Crippen molar-refractivity contribution in [3.63, 3.8) is 0 Å². The van der Waals surface area contributed by atoms with E-state index in [1.165, 1.54) is 6.08 Å². The molecule has 1 atom stereocenters. The molecule has 0 fully saturated rings. The van der Waals surface area contributed by atoms with E-state index in [0.717, 1.165) is 5.56 Å². The molecule has 1 aromatic carbocycles. The lowest BCUT2D eigenvalue weighted by molar-refractivity contribution is -0.118. The number of aliphatic hydroxyl groups is 1. The summed E-state index contributed by atoms with van der Waals surface area (Å²) < 4.78 is 0. The first kappa shape index (κ1) is 14.5. The molecule has 0 saturated heterocycles. The van der Waals surface area contributed by atoms with Gasteiger partial charge in [0.2, 0.25) is 5.91 Å². The molecule has 0 aromatic heterocycles. The average molecular weight is 247 g/mol. The third-order valence-electron chi connectivity index (χ3n) is 3.09. The van der Waals surface area contributed by atoms with Gasteiger partial charge in [0.1, 0.15) is 0 Å². The van der Waals surface area contributed by atoms with Crippen LogP contribution in [-0.4, -0.2) is 23.2 Å². The van der Waals surface area contributed by atoms with Gasteiger partial charge in [0.15, 0.2) is 0 Å². The van der Waals surface area contributed by atoms with E-state index < -0.39 is 5.60 Å². The largest absolute Gasteiger partial charge is 0.388 e. The molecule has 0 spiro atoms. The highest BCUT2D eigenvalue weighted by Gasteiger charge is 2.24. The first-order valence-electron chi connectivity index (χ1n) is 6.15. The lowest BCUT2D eigenvalue weighted by atomic mass is 9.92. The summed E-state index contributed by atoms with van der Waals surface area (Å²) in [6.07, 6.45) is 3.23. The molecule has 1 rings (SSSR count). The zero-order valence-corrected chi connectivity index (χ0v) is 11.2. The normalized spacial score (nSPS) is 14.7. The number of hydrogen-bond acceptors (Lipinski definition) is 2. The van der Waals surface area contributed by atoms with Gasteiger partial charge >= 0.3 is 0 Å². The highest BCUT2D eigenvalue weighted by atomic mass is 16.3. The molecule has 0 aliphatic rings. The summed E-state index contributed by atoms with van der Waals surface area (Å²) in [6.45, 7) is 5.82. The van der Waals surface area contributed by atoms with Crippen LogP contribution in [-0.2, 0) is 4.79 Å². The Labute approximate surface area is 109 Å². The van der Waals surface area contributed by atoms with Gasteiger partial charge in [0, 0.05) is 12.6 Å². The number of carbonyl (C=O) groups excluding carboxylic acids is 1. The van der Waals surface area contributed by atoms with Crippen molar-refractivity contribution < 1.29 is 9.90 Å². The smallest absolute Gasteiger partial charge is 0.244 e. The Morgan fingerprint density at radius 2 is 2.00 bits per heavy atom. The summed E-state index contributed by atoms with van der Waals surface area (Å²) in [5.41, 5.74) is 0.0965. The molecule has 98 valence electrons. The lowest BCUT2D eigenvalue weighted by Gasteiger charge is -2.27. The van der Waals surface area contributed by atoms with Crippen molar-refractivity contribution in [2.45, 2.75) is 26.4 Å². The van der Waals surface area contributed by atoms with Crippen molar-refractivity contribution in [2.24, 2.45) is 5.92 Å². The zero-order chi connectivity index (χ0) is 13.6. The van der Waals surface area contributed by atoms with Crippen LogP contribution in [0.25, 0.3) is 6.08 Å². The molecule has 0 saturated carbocycles. The van der Waals surface area contributed by atoms with Crippen molar-refractivity contribution in [3.05, 3.63) is 42.0 Å². The van der Waals surface area contributed by atoms with E-state index >= 15 is 0 Å². The first-order chi connectivity index (χ1) is 8.42. The molecule has 3 heteroatoms. The minimum Gasteiger partial charge on any atom is -0.388 e. The Kier molecular flexibility index (Phi) is 5.10. The molecule has 0 radical (unpaired) electrons. The van der Waals surface area contributed by atoms with Crippen LogP contribution < -0.4 is 5.32 Å². The van der Waals surface area contributed by atoms with E-state index in [1.54, 1.807) is 13.0 Å². The van der Waals surface area contributed by atoms with Crippen LogP contribution in [0.2, 0.25) is 0 Å². The van der Waals surface area contributed by atoms with E-state index in [9.17, 15) is 9.90 Å². The minimum atomic E-state index is -0.879. The van der Waals surface area contributed by atoms with E-state index in [0.29, 0.717) is 0 Å². The number of carbonyl (C=O) groups is 1. The molecule has 1 aromatic rings. The van der Waals surface area contributed by atoms with Crippen LogP contribution in [0.5, 0.6) is 0 Å². The van der Waals surface area contributed by atoms with Crippen LogP contribution in [0.3, 0.4) is 0 Å². The van der Waals surface area contributed by atoms with Gasteiger partial charge in [-0.3, -0.25) is 4.79 Å². The van der Waals surface area contributed by atoms with Crippen molar-refractivity contribution in [1.29, 1.82) is 0 Å². The number of benzene rings is 1. The maximum Gasteiger partial charge on any atom is 0.244 e. The van der Waals surface area contributed by atoms with Gasteiger partial charge in [0.25, 0.3) is 0 Å². The quantitative estimate of drug-likeness (QED) is 0.784. The summed E-state index contributed by atoms with van der Waals surface area (Å²) in [5, 5.41) is 12.7. The molecule has 0 bridgehead atoms. The molecule has 0 aliphatic heterocycles. The van der Waals surface area contributed by atoms with Crippen LogP contribution in [0, 0.1) is 5.92 Å². The predicted molar refractivity (Wildman–Crippen MR) is 73.9 cm³/mol. The molecule has 18 heavy (non-hydrogen) atoms. The highest BCUT2D eigenvalue weighted by molar-refractivity contribution is 5.91. The third kappa shape index (κ3) is 4.72. The van der Waals surface area contributed by atoms with E-state index in [-0.39, 0.29) is 18.4 Å².